The zero-order valence-corrected chi connectivity index (χ0v) is 19.5. The summed E-state index contributed by atoms with van der Waals surface area (Å²) in [5.41, 5.74) is 8.03. The van der Waals surface area contributed by atoms with Gasteiger partial charge in [-0.1, -0.05) is 34.9 Å². The van der Waals surface area contributed by atoms with E-state index in [-0.39, 0.29) is 41.1 Å². The molecule has 3 N–H and O–H groups in total. The highest BCUT2D eigenvalue weighted by Crippen LogP contribution is 2.35. The Morgan fingerprint density at radius 3 is 2.68 bits per heavy atom. The van der Waals surface area contributed by atoms with Crippen LogP contribution in [0.4, 0.5) is 14.7 Å². The number of halogens is 3. The summed E-state index contributed by atoms with van der Waals surface area (Å²) in [4.78, 5) is 0.349. The maximum atomic E-state index is 14.8. The van der Waals surface area contributed by atoms with Gasteiger partial charge in [-0.15, -0.1) is 5.10 Å². The molecule has 4 rings (SSSR count). The highest BCUT2D eigenvalue weighted by atomic mass is 35.5. The van der Waals surface area contributed by atoms with E-state index in [1.54, 1.807) is 12.1 Å². The normalized spacial score (nSPS) is 18.4. The van der Waals surface area contributed by atoms with Crippen LogP contribution in [0.2, 0.25) is 5.02 Å². The second-order valence-corrected chi connectivity index (χ2v) is 9.80. The van der Waals surface area contributed by atoms with Crippen molar-refractivity contribution >= 4 is 33.1 Å². The predicted octanol–water partition coefficient (Wildman–Crippen LogP) is 3.14. The fourth-order valence-electron chi connectivity index (χ4n) is 3.71. The standard InChI is InChI=1S/C21H21ClF2N6O3S/c1-30-27-21(26-29-30)28-34(31,32)20-9-16(22)19(10-17(20)24)33-11-15-14(3-2-4-18(15)25)12-5-7-13(23)8-6-12/h3,5-10,15,18H,2,4,11,25H2,1H3,(H,27,28). The Labute approximate surface area is 199 Å². The number of hydrogen-bond donors (Lipinski definition) is 2. The first-order valence-corrected chi connectivity index (χ1v) is 12.1. The predicted molar refractivity (Wildman–Crippen MR) is 122 cm³/mol. The lowest BCUT2D eigenvalue weighted by atomic mass is 9.81. The smallest absolute Gasteiger partial charge is 0.277 e. The number of nitrogens with two attached hydrogens (primary N) is 1. The lowest BCUT2D eigenvalue weighted by molar-refractivity contribution is 0.252. The lowest BCUT2D eigenvalue weighted by Crippen LogP contribution is -2.36. The lowest BCUT2D eigenvalue weighted by Gasteiger charge is -2.30. The number of aromatic nitrogens is 4. The molecule has 0 saturated heterocycles. The van der Waals surface area contributed by atoms with Gasteiger partial charge in [0.2, 0.25) is 0 Å². The van der Waals surface area contributed by atoms with Crippen molar-refractivity contribution in [2.45, 2.75) is 23.8 Å². The number of benzene rings is 2. The molecule has 0 radical (unpaired) electrons. The Hall–Kier alpha value is -3.09. The summed E-state index contributed by atoms with van der Waals surface area (Å²) < 4.78 is 61.0. The molecule has 3 aromatic rings. The van der Waals surface area contributed by atoms with Gasteiger partial charge in [-0.3, -0.25) is 0 Å². The molecule has 34 heavy (non-hydrogen) atoms. The zero-order valence-electron chi connectivity index (χ0n) is 18.0. The summed E-state index contributed by atoms with van der Waals surface area (Å²) in [6.45, 7) is 0.0669. The van der Waals surface area contributed by atoms with Crippen LogP contribution in [0.3, 0.4) is 0 Å². The molecule has 13 heteroatoms. The molecule has 0 saturated carbocycles. The van der Waals surface area contributed by atoms with E-state index in [1.165, 1.54) is 19.2 Å². The second kappa shape index (κ2) is 9.65. The molecule has 1 aromatic heterocycles. The van der Waals surface area contributed by atoms with Crippen LogP contribution >= 0.6 is 11.6 Å². The van der Waals surface area contributed by atoms with Crippen LogP contribution in [-0.4, -0.2) is 41.3 Å². The maximum Gasteiger partial charge on any atom is 0.277 e. The maximum absolute atomic E-state index is 14.8. The molecule has 0 aliphatic heterocycles. The van der Waals surface area contributed by atoms with Gasteiger partial charge in [-0.25, -0.2) is 21.9 Å². The van der Waals surface area contributed by atoms with E-state index in [2.05, 4.69) is 15.4 Å². The number of ether oxygens (including phenoxy) is 1. The number of nitrogens with zero attached hydrogens (tertiary/aromatic N) is 4. The van der Waals surface area contributed by atoms with Gasteiger partial charge in [0.25, 0.3) is 16.0 Å². The number of nitrogens with one attached hydrogen (secondary N) is 1. The first-order valence-electron chi connectivity index (χ1n) is 10.2. The van der Waals surface area contributed by atoms with E-state index in [0.29, 0.717) is 0 Å². The molecule has 0 fully saturated rings. The Morgan fingerprint density at radius 1 is 1.26 bits per heavy atom. The SMILES string of the molecule is Cn1nnc(NS(=O)(=O)c2cc(Cl)c(OCC3C(c4ccc(F)cc4)=CCCC3N)cc2F)n1. The largest absolute Gasteiger partial charge is 0.491 e. The molecular formula is C21H21ClF2N6O3S. The third-order valence-corrected chi connectivity index (χ3v) is 7.02. The van der Waals surface area contributed by atoms with Crippen molar-refractivity contribution in [3.8, 4) is 5.75 Å². The minimum atomic E-state index is -4.37. The Balaban J connectivity index is 1.53. The van der Waals surface area contributed by atoms with Crippen molar-refractivity contribution in [2.24, 2.45) is 18.7 Å². The molecule has 180 valence electrons. The topological polar surface area (TPSA) is 125 Å². The minimum Gasteiger partial charge on any atom is -0.491 e. The van der Waals surface area contributed by atoms with Crippen molar-refractivity contribution in [1.82, 2.24) is 20.2 Å². The number of tetrazole rings is 1. The molecular weight excluding hydrogens is 490 g/mol. The van der Waals surface area contributed by atoms with Crippen molar-refractivity contribution in [3.63, 3.8) is 0 Å². The number of hydrogen-bond acceptors (Lipinski definition) is 7. The molecule has 0 spiro atoms. The number of rotatable bonds is 7. The zero-order chi connectivity index (χ0) is 24.5. The van der Waals surface area contributed by atoms with E-state index in [4.69, 9.17) is 22.1 Å². The third kappa shape index (κ3) is 5.18. The van der Waals surface area contributed by atoms with Gasteiger partial charge in [0, 0.05) is 18.0 Å². The van der Waals surface area contributed by atoms with Gasteiger partial charge in [0.15, 0.2) is 0 Å². The van der Waals surface area contributed by atoms with E-state index < -0.39 is 20.7 Å². The summed E-state index contributed by atoms with van der Waals surface area (Å²) in [5, 5.41) is 10.6. The minimum absolute atomic E-state index is 0.0352. The van der Waals surface area contributed by atoms with E-state index in [9.17, 15) is 17.2 Å². The average molecular weight is 511 g/mol. The quantitative estimate of drug-likeness (QED) is 0.500. The summed E-state index contributed by atoms with van der Waals surface area (Å²) in [6, 6.07) is 7.67. The van der Waals surface area contributed by atoms with Crippen LogP contribution in [0.15, 0.2) is 47.4 Å². The fourth-order valence-corrected chi connectivity index (χ4v) is 5.01. The van der Waals surface area contributed by atoms with Gasteiger partial charge in [0.1, 0.15) is 22.3 Å². The first-order chi connectivity index (χ1) is 16.1. The van der Waals surface area contributed by atoms with Crippen LogP contribution in [0, 0.1) is 17.6 Å². The van der Waals surface area contributed by atoms with Crippen molar-refractivity contribution in [1.29, 1.82) is 0 Å². The summed E-state index contributed by atoms with van der Waals surface area (Å²) >= 11 is 6.22. The van der Waals surface area contributed by atoms with Crippen LogP contribution in [0.25, 0.3) is 5.57 Å². The number of aryl methyl sites for hydroxylation is 1. The molecule has 2 unspecified atom stereocenters. The summed E-state index contributed by atoms with van der Waals surface area (Å²) in [6.07, 6.45) is 3.51. The van der Waals surface area contributed by atoms with Crippen molar-refractivity contribution in [3.05, 3.63) is 64.7 Å². The molecule has 1 heterocycles. The Morgan fingerprint density at radius 2 is 2.00 bits per heavy atom. The van der Waals surface area contributed by atoms with Gasteiger partial charge in [-0.2, -0.15) is 4.80 Å². The van der Waals surface area contributed by atoms with E-state index in [0.717, 1.165) is 40.9 Å². The second-order valence-electron chi connectivity index (χ2n) is 7.75. The average Bonchev–Trinajstić information content (AvgIpc) is 3.18. The van der Waals surface area contributed by atoms with Gasteiger partial charge in [0.05, 0.1) is 18.7 Å². The van der Waals surface area contributed by atoms with E-state index >= 15 is 0 Å². The van der Waals surface area contributed by atoms with Crippen molar-refractivity contribution < 1.29 is 21.9 Å². The van der Waals surface area contributed by atoms with E-state index in [1.807, 2.05) is 10.8 Å². The highest BCUT2D eigenvalue weighted by molar-refractivity contribution is 7.92. The molecule has 9 nitrogen and oxygen atoms in total. The summed E-state index contributed by atoms with van der Waals surface area (Å²) in [5.74, 6) is -2.03. The highest BCUT2D eigenvalue weighted by Gasteiger charge is 2.28. The molecule has 0 bridgehead atoms. The monoisotopic (exact) mass is 510 g/mol. The van der Waals surface area contributed by atoms with Gasteiger partial charge < -0.3 is 10.5 Å². The van der Waals surface area contributed by atoms with Crippen LogP contribution < -0.4 is 15.2 Å². The van der Waals surface area contributed by atoms with Crippen molar-refractivity contribution in [2.75, 3.05) is 11.3 Å². The molecule has 2 aromatic carbocycles. The first kappa shape index (κ1) is 24.0. The number of sulfonamides is 1. The molecule has 1 aliphatic carbocycles. The van der Waals surface area contributed by atoms with Crippen LogP contribution in [0.5, 0.6) is 5.75 Å². The fraction of sp³-hybridized carbons (Fsp3) is 0.286. The number of allylic oxidation sites excluding steroid dienone is 1. The molecule has 1 aliphatic rings. The Kier molecular flexibility index (Phi) is 6.82. The third-order valence-electron chi connectivity index (χ3n) is 5.39. The Bertz CT molecular complexity index is 1330. The van der Waals surface area contributed by atoms with Gasteiger partial charge in [-0.05, 0) is 47.4 Å². The summed E-state index contributed by atoms with van der Waals surface area (Å²) in [7, 11) is -2.92. The van der Waals surface area contributed by atoms with Gasteiger partial charge >= 0.3 is 0 Å². The van der Waals surface area contributed by atoms with Crippen LogP contribution in [-0.2, 0) is 17.1 Å². The molecule has 2 atom stereocenters. The molecule has 0 amide bonds. The van der Waals surface area contributed by atoms with Crippen LogP contribution in [0.1, 0.15) is 18.4 Å². The number of anilines is 1.